The molecule has 0 aliphatic rings. The average molecular weight is 332 g/mol. The second kappa shape index (κ2) is 4.61. The van der Waals surface area contributed by atoms with Crippen LogP contribution in [0.15, 0.2) is 15.6 Å². The summed E-state index contributed by atoms with van der Waals surface area (Å²) in [6, 6.07) is 1.48. The Morgan fingerprint density at radius 1 is 1.56 bits per heavy atom. The predicted molar refractivity (Wildman–Crippen MR) is 54.6 cm³/mol. The minimum atomic E-state index is -4.47. The molecule has 0 aromatic carbocycles. The van der Waals surface area contributed by atoms with Crippen molar-refractivity contribution in [3.63, 3.8) is 0 Å². The monoisotopic (exact) mass is 330 g/mol. The summed E-state index contributed by atoms with van der Waals surface area (Å²) in [5.74, 6) is 0. The van der Waals surface area contributed by atoms with Gasteiger partial charge in [-0.1, -0.05) is 0 Å². The number of alkyl halides is 2. The normalized spacial score (nSPS) is 11.5. The largest absolute Gasteiger partial charge is 0.281 e. The Bertz CT molecular complexity index is 570. The van der Waals surface area contributed by atoms with Crippen LogP contribution in [-0.4, -0.2) is 13.4 Å². The fourth-order valence-electron chi connectivity index (χ4n) is 0.992. The molecule has 0 atom stereocenters. The molecule has 86 valence electrons. The lowest BCUT2D eigenvalue weighted by atomic mass is 10.2. The van der Waals surface area contributed by atoms with Gasteiger partial charge in [-0.05, 0) is 15.9 Å². The average Bonchev–Trinajstić information content (AvgIpc) is 2.15. The number of nitriles is 1. The first-order chi connectivity index (χ1) is 7.29. The number of nitrogens with zero attached hydrogens (tertiary/aromatic N) is 2. The molecule has 1 heterocycles. The fourth-order valence-corrected chi connectivity index (χ4v) is 2.77. The Hall–Kier alpha value is -0.780. The van der Waals surface area contributed by atoms with Crippen LogP contribution in [0, 0.1) is 11.3 Å². The molecule has 9 heteroatoms. The van der Waals surface area contributed by atoms with Gasteiger partial charge in [-0.15, -0.1) is 0 Å². The van der Waals surface area contributed by atoms with Crippen molar-refractivity contribution in [2.45, 2.75) is 11.3 Å². The van der Waals surface area contributed by atoms with E-state index in [1.165, 1.54) is 6.07 Å². The predicted octanol–water partition coefficient (Wildman–Crippen LogP) is 2.58. The van der Waals surface area contributed by atoms with Gasteiger partial charge in [0.15, 0.2) is 0 Å². The number of pyridine rings is 1. The third-order valence-electron chi connectivity index (χ3n) is 1.58. The first-order valence-electron chi connectivity index (χ1n) is 3.60. The van der Waals surface area contributed by atoms with Crippen molar-refractivity contribution in [1.82, 2.24) is 4.98 Å². The van der Waals surface area contributed by atoms with Gasteiger partial charge in [0.25, 0.3) is 15.5 Å². The van der Waals surface area contributed by atoms with E-state index in [0.717, 1.165) is 6.20 Å². The first-order valence-corrected chi connectivity index (χ1v) is 6.70. The van der Waals surface area contributed by atoms with Crippen LogP contribution in [0.25, 0.3) is 0 Å². The maximum absolute atomic E-state index is 12.5. The number of hydrogen-bond acceptors (Lipinski definition) is 4. The van der Waals surface area contributed by atoms with Gasteiger partial charge in [0.1, 0.15) is 16.7 Å². The number of aromatic nitrogens is 1. The third kappa shape index (κ3) is 2.48. The van der Waals surface area contributed by atoms with Gasteiger partial charge < -0.3 is 0 Å². The molecule has 0 unspecified atom stereocenters. The van der Waals surface area contributed by atoms with Gasteiger partial charge in [0, 0.05) is 16.9 Å². The summed E-state index contributed by atoms with van der Waals surface area (Å²) < 4.78 is 47.2. The molecule has 0 N–H and O–H groups in total. The van der Waals surface area contributed by atoms with E-state index < -0.39 is 31.6 Å². The quantitative estimate of drug-likeness (QED) is 0.781. The minimum absolute atomic E-state index is 0.0152. The number of hydrogen-bond donors (Lipinski definition) is 0. The van der Waals surface area contributed by atoms with E-state index in [4.69, 9.17) is 15.9 Å². The molecule has 0 spiro atoms. The van der Waals surface area contributed by atoms with Crippen LogP contribution in [0.4, 0.5) is 8.78 Å². The van der Waals surface area contributed by atoms with Crippen LogP contribution in [0.2, 0.25) is 0 Å². The van der Waals surface area contributed by atoms with Crippen molar-refractivity contribution in [2.75, 3.05) is 0 Å². The molecule has 0 aliphatic heterocycles. The zero-order chi connectivity index (χ0) is 12.5. The van der Waals surface area contributed by atoms with E-state index in [1.807, 2.05) is 0 Å². The molecular formula is C7H2BrClF2N2O2S. The van der Waals surface area contributed by atoms with E-state index in [9.17, 15) is 17.2 Å². The van der Waals surface area contributed by atoms with Gasteiger partial charge in [-0.2, -0.15) is 5.26 Å². The van der Waals surface area contributed by atoms with Crippen LogP contribution < -0.4 is 0 Å². The molecule has 0 fully saturated rings. The molecule has 1 aromatic rings. The Kier molecular flexibility index (Phi) is 3.83. The van der Waals surface area contributed by atoms with Crippen LogP contribution in [-0.2, 0) is 9.05 Å². The Morgan fingerprint density at radius 2 is 2.12 bits per heavy atom. The van der Waals surface area contributed by atoms with E-state index in [2.05, 4.69) is 20.9 Å². The third-order valence-corrected chi connectivity index (χ3v) is 3.54. The molecule has 0 amide bonds. The number of halogens is 4. The van der Waals surface area contributed by atoms with Crippen LogP contribution >= 0.6 is 26.6 Å². The van der Waals surface area contributed by atoms with Crippen molar-refractivity contribution < 1.29 is 17.2 Å². The first kappa shape index (κ1) is 13.3. The number of rotatable bonds is 2. The zero-order valence-electron chi connectivity index (χ0n) is 7.29. The highest BCUT2D eigenvalue weighted by atomic mass is 79.9. The van der Waals surface area contributed by atoms with Crippen molar-refractivity contribution in [1.29, 1.82) is 5.26 Å². The van der Waals surface area contributed by atoms with Crippen molar-refractivity contribution in [2.24, 2.45) is 0 Å². The maximum atomic E-state index is 12.5. The van der Waals surface area contributed by atoms with E-state index in [1.54, 1.807) is 0 Å². The summed E-state index contributed by atoms with van der Waals surface area (Å²) in [6.07, 6.45) is -2.21. The highest BCUT2D eigenvalue weighted by Gasteiger charge is 2.28. The Morgan fingerprint density at radius 3 is 2.50 bits per heavy atom. The maximum Gasteiger partial charge on any atom is 0.281 e. The topological polar surface area (TPSA) is 70.8 Å². The minimum Gasteiger partial charge on any atom is -0.253 e. The molecule has 0 aliphatic carbocycles. The Balaban J connectivity index is 3.77. The molecule has 1 rings (SSSR count). The van der Waals surface area contributed by atoms with Gasteiger partial charge in [-0.3, -0.25) is 4.98 Å². The van der Waals surface area contributed by atoms with E-state index in [-0.39, 0.29) is 4.47 Å². The summed E-state index contributed by atoms with van der Waals surface area (Å²) in [6.45, 7) is 0. The Labute approximate surface area is 102 Å². The highest BCUT2D eigenvalue weighted by molar-refractivity contribution is 9.10. The lowest BCUT2D eigenvalue weighted by Crippen LogP contribution is -2.05. The molecule has 1 aromatic heterocycles. The van der Waals surface area contributed by atoms with Gasteiger partial charge in [0.2, 0.25) is 0 Å². The highest BCUT2D eigenvalue weighted by Crippen LogP contribution is 2.32. The van der Waals surface area contributed by atoms with Crippen molar-refractivity contribution in [3.8, 4) is 6.07 Å². The lowest BCUT2D eigenvalue weighted by molar-refractivity contribution is 0.142. The van der Waals surface area contributed by atoms with Gasteiger partial charge in [0.05, 0.1) is 10.0 Å². The van der Waals surface area contributed by atoms with Crippen LogP contribution in [0.5, 0.6) is 0 Å². The summed E-state index contributed by atoms with van der Waals surface area (Å²) >= 11 is 2.83. The zero-order valence-corrected chi connectivity index (χ0v) is 10.4. The molecule has 16 heavy (non-hydrogen) atoms. The van der Waals surface area contributed by atoms with Crippen molar-refractivity contribution in [3.05, 3.63) is 21.9 Å². The second-order valence-corrected chi connectivity index (χ2v) is 5.90. The summed E-state index contributed by atoms with van der Waals surface area (Å²) in [7, 11) is 0.524. The second-order valence-electron chi connectivity index (χ2n) is 2.55. The fraction of sp³-hybridized carbons (Fsp3) is 0.143. The molecule has 0 radical (unpaired) electrons. The smallest absolute Gasteiger partial charge is 0.253 e. The molecule has 0 saturated heterocycles. The van der Waals surface area contributed by atoms with Gasteiger partial charge in [-0.25, -0.2) is 17.2 Å². The van der Waals surface area contributed by atoms with E-state index in [0.29, 0.717) is 0 Å². The molecule has 0 bridgehead atoms. The summed E-state index contributed by atoms with van der Waals surface area (Å²) in [4.78, 5) is 2.28. The lowest BCUT2D eigenvalue weighted by Gasteiger charge is -2.07. The van der Waals surface area contributed by atoms with Crippen molar-refractivity contribution >= 4 is 35.7 Å². The van der Waals surface area contributed by atoms with Crippen LogP contribution in [0.1, 0.15) is 17.7 Å². The standard InChI is InChI=1S/C7H2BrClF2N2O2S/c8-4-2-13-5(7(10)11)6(3(4)1-12)16(9,14)15/h2,7H. The SMILES string of the molecule is N#Cc1c(Br)cnc(C(F)F)c1S(=O)(=O)Cl. The molecular weight excluding hydrogens is 330 g/mol. The summed E-state index contributed by atoms with van der Waals surface area (Å²) in [5.41, 5.74) is -1.52. The van der Waals surface area contributed by atoms with Gasteiger partial charge >= 0.3 is 0 Å². The molecule has 4 nitrogen and oxygen atoms in total. The van der Waals surface area contributed by atoms with E-state index >= 15 is 0 Å². The van der Waals surface area contributed by atoms with Crippen LogP contribution in [0.3, 0.4) is 0 Å². The molecule has 0 saturated carbocycles. The summed E-state index contributed by atoms with van der Waals surface area (Å²) in [5, 5.41) is 8.69.